The molecule has 1 rings (SSSR count). The molecule has 0 radical (unpaired) electrons. The van der Waals surface area contributed by atoms with E-state index in [2.05, 4.69) is 60.0 Å². The Morgan fingerprint density at radius 1 is 1.33 bits per heavy atom. The molecule has 0 aliphatic carbocycles. The van der Waals surface area contributed by atoms with Gasteiger partial charge in [-0.2, -0.15) is 0 Å². The summed E-state index contributed by atoms with van der Waals surface area (Å²) in [5.74, 6) is 0.972. The number of pyridine rings is 1. The summed E-state index contributed by atoms with van der Waals surface area (Å²) in [5, 5.41) is 3.45. The lowest BCUT2D eigenvalue weighted by Gasteiger charge is -2.25. The molecule has 0 aliphatic rings. The smallest absolute Gasteiger partial charge is 0.126 e. The number of rotatable bonds is 7. The Balaban J connectivity index is 2.45. The maximum atomic E-state index is 4.38. The maximum absolute atomic E-state index is 4.38. The molecule has 3 heteroatoms. The minimum absolute atomic E-state index is 0.331. The summed E-state index contributed by atoms with van der Waals surface area (Å²) in [7, 11) is 0. The average Bonchev–Trinajstić information content (AvgIpc) is 2.31. The zero-order chi connectivity index (χ0) is 13.6. The molecule has 0 saturated heterocycles. The second kappa shape index (κ2) is 7.13. The Morgan fingerprint density at radius 2 is 2.06 bits per heavy atom. The van der Waals surface area contributed by atoms with Gasteiger partial charge in [-0.1, -0.05) is 40.0 Å². The predicted molar refractivity (Wildman–Crippen MR) is 83.1 cm³/mol. The SMILES string of the molecule is CCCCCC(C)(C)CNc1cc(C)c(Br)cn1. The average molecular weight is 313 g/mol. The Bertz CT molecular complexity index is 375. The van der Waals surface area contributed by atoms with Crippen LogP contribution in [0.5, 0.6) is 0 Å². The number of hydrogen-bond donors (Lipinski definition) is 1. The Hall–Kier alpha value is -0.570. The summed E-state index contributed by atoms with van der Waals surface area (Å²) in [5.41, 5.74) is 1.55. The summed E-state index contributed by atoms with van der Waals surface area (Å²) in [6.07, 6.45) is 7.07. The van der Waals surface area contributed by atoms with Crippen LogP contribution in [0.25, 0.3) is 0 Å². The molecule has 0 bridgehead atoms. The Labute approximate surface area is 120 Å². The topological polar surface area (TPSA) is 24.9 Å². The van der Waals surface area contributed by atoms with E-state index in [1.54, 1.807) is 0 Å². The third-order valence-electron chi connectivity index (χ3n) is 3.25. The van der Waals surface area contributed by atoms with Crippen molar-refractivity contribution in [3.05, 3.63) is 22.3 Å². The molecule has 0 saturated carbocycles. The fraction of sp³-hybridized carbons (Fsp3) is 0.667. The van der Waals surface area contributed by atoms with Crippen molar-refractivity contribution in [2.45, 2.75) is 53.4 Å². The van der Waals surface area contributed by atoms with E-state index in [1.165, 1.54) is 31.2 Å². The van der Waals surface area contributed by atoms with E-state index in [9.17, 15) is 0 Å². The molecular weight excluding hydrogens is 288 g/mol. The van der Waals surface area contributed by atoms with E-state index in [0.717, 1.165) is 16.8 Å². The highest BCUT2D eigenvalue weighted by Crippen LogP contribution is 2.25. The molecular formula is C15H25BrN2. The Morgan fingerprint density at radius 3 is 2.67 bits per heavy atom. The first-order chi connectivity index (χ1) is 8.44. The highest BCUT2D eigenvalue weighted by Gasteiger charge is 2.17. The highest BCUT2D eigenvalue weighted by molar-refractivity contribution is 9.10. The number of nitrogens with one attached hydrogen (secondary N) is 1. The number of halogens is 1. The van der Waals surface area contributed by atoms with Gasteiger partial charge in [0.15, 0.2) is 0 Å². The molecule has 0 aliphatic heterocycles. The van der Waals surface area contributed by atoms with Crippen molar-refractivity contribution in [1.29, 1.82) is 0 Å². The van der Waals surface area contributed by atoms with Gasteiger partial charge in [-0.3, -0.25) is 0 Å². The van der Waals surface area contributed by atoms with E-state index in [0.29, 0.717) is 5.41 Å². The van der Waals surface area contributed by atoms with Crippen molar-refractivity contribution in [2.24, 2.45) is 5.41 Å². The zero-order valence-corrected chi connectivity index (χ0v) is 13.6. The van der Waals surface area contributed by atoms with Crippen molar-refractivity contribution in [3.63, 3.8) is 0 Å². The van der Waals surface area contributed by atoms with Gasteiger partial charge >= 0.3 is 0 Å². The van der Waals surface area contributed by atoms with Crippen LogP contribution < -0.4 is 5.32 Å². The van der Waals surface area contributed by atoms with Gasteiger partial charge in [-0.15, -0.1) is 0 Å². The first kappa shape index (κ1) is 15.5. The van der Waals surface area contributed by atoms with Crippen molar-refractivity contribution >= 4 is 21.7 Å². The van der Waals surface area contributed by atoms with Gasteiger partial charge in [-0.05, 0) is 46.3 Å². The molecule has 0 aromatic carbocycles. The zero-order valence-electron chi connectivity index (χ0n) is 12.0. The van der Waals surface area contributed by atoms with Gasteiger partial charge in [0.25, 0.3) is 0 Å². The monoisotopic (exact) mass is 312 g/mol. The second-order valence-corrected chi connectivity index (χ2v) is 6.65. The fourth-order valence-corrected chi connectivity index (χ4v) is 2.12. The molecule has 1 heterocycles. The normalized spacial score (nSPS) is 11.6. The van der Waals surface area contributed by atoms with Gasteiger partial charge in [0.1, 0.15) is 5.82 Å². The molecule has 102 valence electrons. The van der Waals surface area contributed by atoms with Crippen molar-refractivity contribution in [1.82, 2.24) is 4.98 Å². The van der Waals surface area contributed by atoms with Gasteiger partial charge in [0.2, 0.25) is 0 Å². The molecule has 1 aromatic heterocycles. The quantitative estimate of drug-likeness (QED) is 0.702. The first-order valence-electron chi connectivity index (χ1n) is 6.80. The summed E-state index contributed by atoms with van der Waals surface area (Å²) in [6.45, 7) is 9.96. The summed E-state index contributed by atoms with van der Waals surface area (Å²) in [4.78, 5) is 4.38. The van der Waals surface area contributed by atoms with Gasteiger partial charge in [0, 0.05) is 17.2 Å². The summed E-state index contributed by atoms with van der Waals surface area (Å²) < 4.78 is 1.07. The largest absolute Gasteiger partial charge is 0.370 e. The maximum Gasteiger partial charge on any atom is 0.126 e. The van der Waals surface area contributed by atoms with Crippen LogP contribution in [-0.2, 0) is 0 Å². The van der Waals surface area contributed by atoms with E-state index in [-0.39, 0.29) is 0 Å². The number of nitrogens with zero attached hydrogens (tertiary/aromatic N) is 1. The van der Waals surface area contributed by atoms with Crippen LogP contribution in [0.3, 0.4) is 0 Å². The van der Waals surface area contributed by atoms with Crippen LogP contribution >= 0.6 is 15.9 Å². The van der Waals surface area contributed by atoms with Crippen molar-refractivity contribution in [3.8, 4) is 0 Å². The third kappa shape index (κ3) is 5.38. The lowest BCUT2D eigenvalue weighted by Crippen LogP contribution is -2.23. The van der Waals surface area contributed by atoms with Crippen LogP contribution in [0.4, 0.5) is 5.82 Å². The summed E-state index contributed by atoms with van der Waals surface area (Å²) >= 11 is 3.47. The number of aryl methyl sites for hydroxylation is 1. The van der Waals surface area contributed by atoms with Crippen LogP contribution in [0.2, 0.25) is 0 Å². The van der Waals surface area contributed by atoms with Gasteiger partial charge in [0.05, 0.1) is 0 Å². The van der Waals surface area contributed by atoms with Gasteiger partial charge < -0.3 is 5.32 Å². The van der Waals surface area contributed by atoms with Crippen LogP contribution in [0.15, 0.2) is 16.7 Å². The number of unbranched alkanes of at least 4 members (excludes halogenated alkanes) is 2. The third-order valence-corrected chi connectivity index (χ3v) is 4.08. The summed E-state index contributed by atoms with van der Waals surface area (Å²) in [6, 6.07) is 2.09. The number of aromatic nitrogens is 1. The minimum atomic E-state index is 0.331. The van der Waals surface area contributed by atoms with E-state index in [4.69, 9.17) is 0 Å². The molecule has 0 amide bonds. The van der Waals surface area contributed by atoms with Crippen LogP contribution in [0.1, 0.15) is 52.0 Å². The van der Waals surface area contributed by atoms with E-state index >= 15 is 0 Å². The molecule has 0 atom stereocenters. The fourth-order valence-electron chi connectivity index (χ4n) is 1.91. The number of anilines is 1. The van der Waals surface area contributed by atoms with Crippen molar-refractivity contribution < 1.29 is 0 Å². The highest BCUT2D eigenvalue weighted by atomic mass is 79.9. The second-order valence-electron chi connectivity index (χ2n) is 5.79. The molecule has 0 unspecified atom stereocenters. The lowest BCUT2D eigenvalue weighted by molar-refractivity contribution is 0.342. The molecule has 1 N–H and O–H groups in total. The van der Waals surface area contributed by atoms with Crippen LogP contribution in [-0.4, -0.2) is 11.5 Å². The first-order valence-corrected chi connectivity index (χ1v) is 7.60. The van der Waals surface area contributed by atoms with E-state index < -0.39 is 0 Å². The van der Waals surface area contributed by atoms with E-state index in [1.807, 2.05) is 6.20 Å². The molecule has 0 spiro atoms. The van der Waals surface area contributed by atoms with Crippen molar-refractivity contribution in [2.75, 3.05) is 11.9 Å². The standard InChI is InChI=1S/C15H25BrN2/c1-5-6-7-8-15(3,4)11-18-14-9-12(2)13(16)10-17-14/h9-10H,5-8,11H2,1-4H3,(H,17,18). The molecule has 2 nitrogen and oxygen atoms in total. The molecule has 1 aromatic rings. The lowest BCUT2D eigenvalue weighted by atomic mass is 9.87. The van der Waals surface area contributed by atoms with Gasteiger partial charge in [-0.25, -0.2) is 4.98 Å². The molecule has 18 heavy (non-hydrogen) atoms. The molecule has 0 fully saturated rings. The minimum Gasteiger partial charge on any atom is -0.370 e. The Kier molecular flexibility index (Phi) is 6.13. The van der Waals surface area contributed by atoms with Crippen LogP contribution in [0, 0.1) is 12.3 Å². The predicted octanol–water partition coefficient (Wildman–Crippen LogP) is 5.17. The number of hydrogen-bond acceptors (Lipinski definition) is 2.